The van der Waals surface area contributed by atoms with E-state index in [1.165, 1.54) is 13.2 Å². The lowest BCUT2D eigenvalue weighted by Crippen LogP contribution is -2.55. The third-order valence-electron chi connectivity index (χ3n) is 6.92. The minimum atomic E-state index is -0.695. The number of hydrogen-bond acceptors (Lipinski definition) is 6. The second-order valence-corrected chi connectivity index (χ2v) is 11.6. The van der Waals surface area contributed by atoms with Crippen molar-refractivity contribution in [2.24, 2.45) is 5.92 Å². The van der Waals surface area contributed by atoms with Gasteiger partial charge >= 0.3 is 5.97 Å². The Hall–Kier alpha value is -2.55. The molecule has 37 heavy (non-hydrogen) atoms. The van der Waals surface area contributed by atoms with Crippen molar-refractivity contribution in [3.8, 4) is 11.3 Å². The van der Waals surface area contributed by atoms with Crippen molar-refractivity contribution in [1.29, 1.82) is 0 Å². The molecule has 0 spiro atoms. The molecule has 200 valence electrons. The minimum absolute atomic E-state index is 0.0680. The highest BCUT2D eigenvalue weighted by molar-refractivity contribution is 6.35. The molecule has 1 saturated heterocycles. The van der Waals surface area contributed by atoms with Crippen molar-refractivity contribution in [3.63, 3.8) is 0 Å². The largest absolute Gasteiger partial charge is 0.469 e. The Bertz CT molecular complexity index is 1180. The molecule has 4 rings (SSSR count). The molecule has 2 N–H and O–H groups in total. The standard InChI is InChI=1S/C27H33Cl2N3O5/c1-27(2,3)31-16-6-8-21(18(14-16)26(35)36-4)32-12-11-20(25(32)34)30-24(33)23-10-9-22(37-23)17-13-15(28)5-7-19(17)29/h5,7,9-10,13,16,18,20-21,31H,6,8,11-12,14H2,1-4H3,(H,30,33)/t16?,18?,20-,21?/m0/s1. The van der Waals surface area contributed by atoms with Gasteiger partial charge in [0.25, 0.3) is 5.91 Å². The molecule has 0 radical (unpaired) electrons. The van der Waals surface area contributed by atoms with Gasteiger partial charge in [0.1, 0.15) is 11.8 Å². The molecule has 8 nitrogen and oxygen atoms in total. The smallest absolute Gasteiger partial charge is 0.310 e. The Morgan fingerprint density at radius 3 is 2.57 bits per heavy atom. The molecule has 1 aliphatic carbocycles. The number of benzene rings is 1. The average Bonchev–Trinajstić information content (AvgIpc) is 3.47. The van der Waals surface area contributed by atoms with E-state index >= 15 is 0 Å². The van der Waals surface area contributed by atoms with Gasteiger partial charge in [0, 0.05) is 34.8 Å². The number of methoxy groups -OCH3 is 1. The molecule has 1 aromatic heterocycles. The van der Waals surface area contributed by atoms with Crippen LogP contribution in [0.5, 0.6) is 0 Å². The topological polar surface area (TPSA) is 101 Å². The van der Waals surface area contributed by atoms with Crippen LogP contribution >= 0.6 is 23.2 Å². The molecular formula is C27H33Cl2N3O5. The lowest BCUT2D eigenvalue weighted by Gasteiger charge is -2.41. The molecular weight excluding hydrogens is 517 g/mol. The summed E-state index contributed by atoms with van der Waals surface area (Å²) < 4.78 is 10.8. The van der Waals surface area contributed by atoms with E-state index < -0.39 is 17.9 Å². The van der Waals surface area contributed by atoms with Crippen LogP contribution in [0.25, 0.3) is 11.3 Å². The normalized spacial score (nSPS) is 24.3. The number of nitrogens with one attached hydrogen (secondary N) is 2. The van der Waals surface area contributed by atoms with Crippen molar-refractivity contribution in [2.75, 3.05) is 13.7 Å². The van der Waals surface area contributed by atoms with Crippen LogP contribution in [0.3, 0.4) is 0 Å². The highest BCUT2D eigenvalue weighted by Crippen LogP contribution is 2.34. The van der Waals surface area contributed by atoms with Gasteiger partial charge in [-0.15, -0.1) is 0 Å². The van der Waals surface area contributed by atoms with E-state index in [-0.39, 0.29) is 35.3 Å². The fourth-order valence-electron chi connectivity index (χ4n) is 5.36. The maximum Gasteiger partial charge on any atom is 0.310 e. The van der Waals surface area contributed by atoms with E-state index in [0.29, 0.717) is 47.2 Å². The first kappa shape index (κ1) is 27.5. The van der Waals surface area contributed by atoms with Crippen LogP contribution in [0.2, 0.25) is 10.0 Å². The zero-order valence-electron chi connectivity index (χ0n) is 21.5. The van der Waals surface area contributed by atoms with Crippen LogP contribution in [0.4, 0.5) is 0 Å². The Labute approximate surface area is 227 Å². The highest BCUT2D eigenvalue weighted by atomic mass is 35.5. The van der Waals surface area contributed by atoms with Gasteiger partial charge in [0.15, 0.2) is 5.76 Å². The predicted octanol–water partition coefficient (Wildman–Crippen LogP) is 4.68. The Balaban J connectivity index is 1.42. The molecule has 2 fully saturated rings. The van der Waals surface area contributed by atoms with Gasteiger partial charge < -0.3 is 24.7 Å². The van der Waals surface area contributed by atoms with Gasteiger partial charge in [-0.1, -0.05) is 23.2 Å². The summed E-state index contributed by atoms with van der Waals surface area (Å²) in [5, 5.41) is 7.30. The van der Waals surface area contributed by atoms with Gasteiger partial charge in [-0.3, -0.25) is 14.4 Å². The molecule has 2 amide bonds. The first-order chi connectivity index (χ1) is 17.5. The van der Waals surface area contributed by atoms with Crippen molar-refractivity contribution < 1.29 is 23.5 Å². The van der Waals surface area contributed by atoms with E-state index in [1.54, 1.807) is 29.2 Å². The van der Waals surface area contributed by atoms with Gasteiger partial charge in [0.2, 0.25) is 5.91 Å². The lowest BCUT2D eigenvalue weighted by molar-refractivity contribution is -0.151. The van der Waals surface area contributed by atoms with Crippen molar-refractivity contribution in [2.45, 2.75) is 70.1 Å². The average molecular weight is 550 g/mol. The number of amides is 2. The maximum absolute atomic E-state index is 13.3. The van der Waals surface area contributed by atoms with E-state index in [9.17, 15) is 14.4 Å². The molecule has 1 saturated carbocycles. The van der Waals surface area contributed by atoms with E-state index in [4.69, 9.17) is 32.4 Å². The molecule has 2 aliphatic rings. The summed E-state index contributed by atoms with van der Waals surface area (Å²) in [4.78, 5) is 40.6. The number of ether oxygens (including phenoxy) is 1. The number of hydrogen-bond donors (Lipinski definition) is 2. The first-order valence-corrected chi connectivity index (χ1v) is 13.2. The summed E-state index contributed by atoms with van der Waals surface area (Å²) in [5.74, 6) is -0.955. The molecule has 1 aromatic carbocycles. The van der Waals surface area contributed by atoms with Gasteiger partial charge in [-0.2, -0.15) is 0 Å². The zero-order chi connectivity index (χ0) is 26.9. The number of furan rings is 1. The lowest BCUT2D eigenvalue weighted by atomic mass is 9.80. The second kappa shape index (κ2) is 11.1. The molecule has 3 unspecified atom stereocenters. The quantitative estimate of drug-likeness (QED) is 0.507. The Morgan fingerprint density at radius 1 is 1.11 bits per heavy atom. The van der Waals surface area contributed by atoms with E-state index in [1.807, 2.05) is 0 Å². The second-order valence-electron chi connectivity index (χ2n) is 10.7. The van der Waals surface area contributed by atoms with Crippen LogP contribution in [0.15, 0.2) is 34.7 Å². The van der Waals surface area contributed by atoms with Gasteiger partial charge in [0.05, 0.1) is 18.1 Å². The van der Waals surface area contributed by atoms with Crippen molar-refractivity contribution >= 4 is 41.0 Å². The summed E-state index contributed by atoms with van der Waals surface area (Å²) in [6.45, 7) is 6.74. The number of carbonyl (C=O) groups is 3. The summed E-state index contributed by atoms with van der Waals surface area (Å²) in [5.41, 5.74) is 0.489. The number of nitrogens with zero attached hydrogens (tertiary/aromatic N) is 1. The van der Waals surface area contributed by atoms with Crippen LogP contribution in [0, 0.1) is 5.92 Å². The summed E-state index contributed by atoms with van der Waals surface area (Å²) in [7, 11) is 1.38. The van der Waals surface area contributed by atoms with Crippen molar-refractivity contribution in [1.82, 2.24) is 15.5 Å². The molecule has 2 heterocycles. The molecule has 10 heteroatoms. The fourth-order valence-corrected chi connectivity index (χ4v) is 5.74. The molecule has 1 aliphatic heterocycles. The summed E-state index contributed by atoms with van der Waals surface area (Å²) in [6.07, 6.45) is 2.57. The van der Waals surface area contributed by atoms with Crippen LogP contribution in [0.1, 0.15) is 57.0 Å². The first-order valence-electron chi connectivity index (χ1n) is 12.5. The summed E-state index contributed by atoms with van der Waals surface area (Å²) in [6, 6.07) is 7.36. The monoisotopic (exact) mass is 549 g/mol. The molecule has 4 atom stereocenters. The van der Waals surface area contributed by atoms with Crippen LogP contribution < -0.4 is 10.6 Å². The minimum Gasteiger partial charge on any atom is -0.469 e. The number of carbonyl (C=O) groups excluding carboxylic acids is 3. The van der Waals surface area contributed by atoms with Gasteiger partial charge in [-0.05, 0) is 76.8 Å². The summed E-state index contributed by atoms with van der Waals surface area (Å²) >= 11 is 12.3. The third-order valence-corrected chi connectivity index (χ3v) is 7.49. The zero-order valence-corrected chi connectivity index (χ0v) is 23.0. The SMILES string of the molecule is COC(=O)C1CC(NC(C)(C)C)CCC1N1CC[C@H](NC(=O)c2ccc(-c3cc(Cl)ccc3Cl)o2)C1=O. The third kappa shape index (κ3) is 6.30. The predicted molar refractivity (Wildman–Crippen MR) is 142 cm³/mol. The number of esters is 1. The fraction of sp³-hybridized carbons (Fsp3) is 0.519. The van der Waals surface area contributed by atoms with Crippen LogP contribution in [-0.4, -0.2) is 60.0 Å². The highest BCUT2D eigenvalue weighted by Gasteiger charge is 2.45. The molecule has 2 aromatic rings. The van der Waals surface area contributed by atoms with Crippen LogP contribution in [-0.2, 0) is 14.3 Å². The number of likely N-dealkylation sites (tertiary alicyclic amines) is 1. The van der Waals surface area contributed by atoms with Crippen molar-refractivity contribution in [3.05, 3.63) is 46.1 Å². The Morgan fingerprint density at radius 2 is 1.86 bits per heavy atom. The van der Waals surface area contributed by atoms with E-state index in [0.717, 1.165) is 6.42 Å². The molecule has 0 bridgehead atoms. The van der Waals surface area contributed by atoms with Gasteiger partial charge in [-0.25, -0.2) is 0 Å². The maximum atomic E-state index is 13.3. The Kier molecular flexibility index (Phi) is 8.21. The number of halogens is 2. The number of rotatable bonds is 6. The van der Waals surface area contributed by atoms with E-state index in [2.05, 4.69) is 31.4 Å².